The minimum absolute atomic E-state index is 0.215. The van der Waals surface area contributed by atoms with E-state index in [0.717, 1.165) is 29.5 Å². The molecule has 0 unspecified atom stereocenters. The molecule has 2 aromatic heterocycles. The third-order valence-electron chi connectivity index (χ3n) is 4.48. The van der Waals surface area contributed by atoms with Gasteiger partial charge in [-0.2, -0.15) is 23.0 Å². The second-order valence-electron chi connectivity index (χ2n) is 6.85. The summed E-state index contributed by atoms with van der Waals surface area (Å²) in [4.78, 5) is 16.7. The molecule has 13 heteroatoms. The molecule has 0 radical (unpaired) electrons. The Kier molecular flexibility index (Phi) is 6.13. The number of carbonyl (C=O) groups is 1. The van der Waals surface area contributed by atoms with Crippen LogP contribution in [0.1, 0.15) is 34.7 Å². The van der Waals surface area contributed by atoms with Crippen molar-refractivity contribution >= 4 is 28.8 Å². The number of hydrogen-bond acceptors (Lipinski definition) is 6. The molecule has 0 fully saturated rings. The minimum Gasteiger partial charge on any atom is -0.342 e. The molecule has 0 aliphatic carbocycles. The highest BCUT2D eigenvalue weighted by Gasteiger charge is 2.32. The minimum atomic E-state index is -4.65. The van der Waals surface area contributed by atoms with E-state index in [1.165, 1.54) is 23.1 Å². The standard InChI is InChI=1S/C20H13ClF4N6OS/c1-10(28-17(32)12-6-13(20(23,24)25)8-14(21)7-12)16-26-9-27-31(16)19-30-29-18(33-19)11-2-4-15(22)5-3-11/h2-10H,1H3,(H,28,32)/t10-/m0/s1. The van der Waals surface area contributed by atoms with E-state index in [9.17, 15) is 22.4 Å². The normalized spacial score (nSPS) is 12.5. The van der Waals surface area contributed by atoms with Gasteiger partial charge in [0.05, 0.1) is 11.6 Å². The first-order valence-electron chi connectivity index (χ1n) is 9.30. The molecule has 0 saturated heterocycles. The lowest BCUT2D eigenvalue weighted by atomic mass is 10.1. The molecule has 2 aromatic carbocycles. The second-order valence-corrected chi connectivity index (χ2v) is 8.24. The quantitative estimate of drug-likeness (QED) is 0.389. The van der Waals surface area contributed by atoms with Gasteiger partial charge in [0.2, 0.25) is 5.13 Å². The first-order chi connectivity index (χ1) is 15.6. The molecule has 170 valence electrons. The molecule has 33 heavy (non-hydrogen) atoms. The molecule has 7 nitrogen and oxygen atoms in total. The molecule has 1 amide bonds. The van der Waals surface area contributed by atoms with Crippen molar-refractivity contribution < 1.29 is 22.4 Å². The fourth-order valence-electron chi connectivity index (χ4n) is 2.93. The summed E-state index contributed by atoms with van der Waals surface area (Å²) in [6, 6.07) is 7.58. The number of benzene rings is 2. The van der Waals surface area contributed by atoms with Crippen LogP contribution in [0.4, 0.5) is 17.6 Å². The topological polar surface area (TPSA) is 85.6 Å². The predicted molar refractivity (Wildman–Crippen MR) is 113 cm³/mol. The van der Waals surface area contributed by atoms with Crippen molar-refractivity contribution in [1.82, 2.24) is 30.3 Å². The lowest BCUT2D eigenvalue weighted by molar-refractivity contribution is -0.137. The van der Waals surface area contributed by atoms with Gasteiger partial charge in [-0.05, 0) is 49.4 Å². The van der Waals surface area contributed by atoms with Crippen molar-refractivity contribution in [3.63, 3.8) is 0 Å². The van der Waals surface area contributed by atoms with Crippen LogP contribution in [0.5, 0.6) is 0 Å². The van der Waals surface area contributed by atoms with E-state index in [2.05, 4.69) is 25.6 Å². The monoisotopic (exact) mass is 496 g/mol. The maximum absolute atomic E-state index is 13.1. The van der Waals surface area contributed by atoms with Gasteiger partial charge < -0.3 is 5.32 Å². The van der Waals surface area contributed by atoms with Crippen LogP contribution in [0.15, 0.2) is 48.8 Å². The number of amides is 1. The number of nitrogens with one attached hydrogen (secondary N) is 1. The van der Waals surface area contributed by atoms with Crippen LogP contribution < -0.4 is 5.32 Å². The zero-order valence-corrected chi connectivity index (χ0v) is 18.2. The Morgan fingerprint density at radius 2 is 1.88 bits per heavy atom. The summed E-state index contributed by atoms with van der Waals surface area (Å²) in [7, 11) is 0. The lowest BCUT2D eigenvalue weighted by Gasteiger charge is -2.15. The van der Waals surface area contributed by atoms with E-state index < -0.39 is 23.7 Å². The molecule has 0 aliphatic rings. The van der Waals surface area contributed by atoms with Crippen LogP contribution in [-0.4, -0.2) is 30.9 Å². The van der Waals surface area contributed by atoms with Crippen molar-refractivity contribution in [2.24, 2.45) is 0 Å². The number of aromatic nitrogens is 5. The van der Waals surface area contributed by atoms with E-state index in [0.29, 0.717) is 15.7 Å². The van der Waals surface area contributed by atoms with Crippen LogP contribution >= 0.6 is 22.9 Å². The van der Waals surface area contributed by atoms with Gasteiger partial charge in [0, 0.05) is 16.1 Å². The van der Waals surface area contributed by atoms with Crippen molar-refractivity contribution in [2.75, 3.05) is 0 Å². The summed E-state index contributed by atoms with van der Waals surface area (Å²) in [6.07, 6.45) is -3.40. The zero-order valence-electron chi connectivity index (χ0n) is 16.6. The zero-order chi connectivity index (χ0) is 23.8. The summed E-state index contributed by atoms with van der Waals surface area (Å²) in [5, 5.41) is 15.5. The Bertz CT molecular complexity index is 1300. The van der Waals surface area contributed by atoms with Gasteiger partial charge in [-0.1, -0.05) is 22.9 Å². The Morgan fingerprint density at radius 3 is 2.58 bits per heavy atom. The van der Waals surface area contributed by atoms with Crippen LogP contribution in [0.2, 0.25) is 5.02 Å². The summed E-state index contributed by atoms with van der Waals surface area (Å²) < 4.78 is 53.6. The Morgan fingerprint density at radius 1 is 1.15 bits per heavy atom. The molecular formula is C20H13ClF4N6OS. The van der Waals surface area contributed by atoms with Gasteiger partial charge >= 0.3 is 6.18 Å². The lowest BCUT2D eigenvalue weighted by Crippen LogP contribution is -2.29. The smallest absolute Gasteiger partial charge is 0.342 e. The van der Waals surface area contributed by atoms with Gasteiger partial charge in [-0.25, -0.2) is 9.37 Å². The Labute approximate surface area is 193 Å². The number of carbonyl (C=O) groups excluding carboxylic acids is 1. The Balaban J connectivity index is 1.55. The van der Waals surface area contributed by atoms with E-state index in [-0.39, 0.29) is 22.2 Å². The van der Waals surface area contributed by atoms with E-state index in [1.807, 2.05) is 0 Å². The molecule has 2 heterocycles. The molecule has 0 aliphatic heterocycles. The number of hydrogen-bond donors (Lipinski definition) is 1. The highest BCUT2D eigenvalue weighted by atomic mass is 35.5. The molecule has 0 spiro atoms. The molecule has 1 atom stereocenters. The third-order valence-corrected chi connectivity index (χ3v) is 5.65. The second kappa shape index (κ2) is 8.87. The van der Waals surface area contributed by atoms with Crippen LogP contribution in [0.25, 0.3) is 15.7 Å². The SMILES string of the molecule is C[C@H](NC(=O)c1cc(Cl)cc(C(F)(F)F)c1)c1ncnn1-c1nnc(-c2ccc(F)cc2)s1. The average Bonchev–Trinajstić information content (AvgIpc) is 3.43. The molecule has 1 N–H and O–H groups in total. The largest absolute Gasteiger partial charge is 0.416 e. The summed E-state index contributed by atoms with van der Waals surface area (Å²) in [6.45, 7) is 1.59. The van der Waals surface area contributed by atoms with Gasteiger partial charge in [0.25, 0.3) is 5.91 Å². The first kappa shape index (κ1) is 22.8. The highest BCUT2D eigenvalue weighted by molar-refractivity contribution is 7.17. The number of halogens is 5. The van der Waals surface area contributed by atoms with Gasteiger partial charge in [-0.15, -0.1) is 10.2 Å². The van der Waals surface area contributed by atoms with Gasteiger partial charge in [0.15, 0.2) is 5.82 Å². The maximum Gasteiger partial charge on any atom is 0.416 e. The molecule has 0 saturated carbocycles. The maximum atomic E-state index is 13.1. The first-order valence-corrected chi connectivity index (χ1v) is 10.5. The molecule has 4 aromatic rings. The third kappa shape index (κ3) is 5.01. The summed E-state index contributed by atoms with van der Waals surface area (Å²) in [5.74, 6) is -0.869. The molecular weight excluding hydrogens is 484 g/mol. The average molecular weight is 497 g/mol. The van der Waals surface area contributed by atoms with E-state index in [1.54, 1.807) is 19.1 Å². The van der Waals surface area contributed by atoms with Crippen LogP contribution in [0, 0.1) is 5.82 Å². The summed E-state index contributed by atoms with van der Waals surface area (Å²) in [5.41, 5.74) is -0.620. The van der Waals surface area contributed by atoms with Crippen molar-refractivity contribution in [3.8, 4) is 15.7 Å². The molecule has 4 rings (SSSR count). The number of alkyl halides is 3. The highest BCUT2D eigenvalue weighted by Crippen LogP contribution is 2.32. The van der Waals surface area contributed by atoms with Gasteiger partial charge in [-0.3, -0.25) is 4.79 Å². The number of rotatable bonds is 5. The van der Waals surface area contributed by atoms with Crippen molar-refractivity contribution in [1.29, 1.82) is 0 Å². The van der Waals surface area contributed by atoms with Crippen molar-refractivity contribution in [3.05, 3.63) is 76.6 Å². The van der Waals surface area contributed by atoms with Crippen LogP contribution in [0.3, 0.4) is 0 Å². The molecule has 0 bridgehead atoms. The summed E-state index contributed by atoms with van der Waals surface area (Å²) >= 11 is 6.93. The fraction of sp³-hybridized carbons (Fsp3) is 0.150. The van der Waals surface area contributed by atoms with Gasteiger partial charge in [0.1, 0.15) is 17.2 Å². The van der Waals surface area contributed by atoms with E-state index in [4.69, 9.17) is 11.6 Å². The van der Waals surface area contributed by atoms with E-state index >= 15 is 0 Å². The Hall–Kier alpha value is -3.38. The predicted octanol–water partition coefficient (Wildman–Crippen LogP) is 5.09. The fourth-order valence-corrected chi connectivity index (χ4v) is 3.98. The van der Waals surface area contributed by atoms with Crippen LogP contribution in [-0.2, 0) is 6.18 Å². The number of nitrogens with zero attached hydrogens (tertiary/aromatic N) is 5. The van der Waals surface area contributed by atoms with Crippen molar-refractivity contribution in [2.45, 2.75) is 19.1 Å².